The smallest absolute Gasteiger partial charge is 0.406 e. The van der Waals surface area contributed by atoms with E-state index < -0.39 is 23.7 Å². The Morgan fingerprint density at radius 2 is 1.75 bits per heavy atom. The first-order valence-electron chi connectivity index (χ1n) is 13.7. The van der Waals surface area contributed by atoms with Crippen LogP contribution < -0.4 is 20.5 Å². The standard InChI is InChI=1S/C31H34F3N5O4S/c1-43-30-19-25(44(35)42)11-12-28(30)36-13-3-4-24-18-26-27(5-2-6-29(26)39(24)21-31(32,33)34)37-23-9-7-22(8-10-23)20-38(14-16-40)15-17-41/h2,5-12,18-19,36-37,40-41H,13-17,20-21,35H2,1H3. The number of methoxy groups -OCH3 is 1. The van der Waals surface area contributed by atoms with Crippen molar-refractivity contribution in [3.8, 4) is 17.6 Å². The first kappa shape index (κ1) is 32.8. The zero-order valence-corrected chi connectivity index (χ0v) is 24.8. The summed E-state index contributed by atoms with van der Waals surface area (Å²) in [6, 6.07) is 19.1. The van der Waals surface area contributed by atoms with Gasteiger partial charge in [0.25, 0.3) is 0 Å². The van der Waals surface area contributed by atoms with Gasteiger partial charge in [0.05, 0.1) is 48.7 Å². The predicted molar refractivity (Wildman–Crippen MR) is 166 cm³/mol. The molecule has 0 aliphatic heterocycles. The third kappa shape index (κ3) is 8.75. The number of fused-ring (bicyclic) bond motifs is 1. The maximum atomic E-state index is 13.6. The molecule has 44 heavy (non-hydrogen) atoms. The summed E-state index contributed by atoms with van der Waals surface area (Å²) in [7, 11) is -0.218. The second-order valence-corrected chi connectivity index (χ2v) is 10.9. The summed E-state index contributed by atoms with van der Waals surface area (Å²) < 4.78 is 58.8. The lowest BCUT2D eigenvalue weighted by Crippen LogP contribution is -2.29. The molecule has 1 unspecified atom stereocenters. The third-order valence-electron chi connectivity index (χ3n) is 6.74. The third-order valence-corrected chi connectivity index (χ3v) is 7.46. The maximum absolute atomic E-state index is 13.6. The minimum atomic E-state index is -4.46. The molecule has 0 bridgehead atoms. The van der Waals surface area contributed by atoms with Crippen LogP contribution in [-0.4, -0.2) is 70.0 Å². The number of hydrogen-bond donors (Lipinski definition) is 5. The van der Waals surface area contributed by atoms with Crippen molar-refractivity contribution in [1.29, 1.82) is 0 Å². The van der Waals surface area contributed by atoms with E-state index in [2.05, 4.69) is 22.5 Å². The van der Waals surface area contributed by atoms with Crippen LogP contribution in [-0.2, 0) is 24.1 Å². The summed E-state index contributed by atoms with van der Waals surface area (Å²) in [6.07, 6.45) is -4.46. The zero-order valence-electron chi connectivity index (χ0n) is 24.0. The van der Waals surface area contributed by atoms with Gasteiger partial charge in [-0.2, -0.15) is 13.2 Å². The number of halogens is 3. The van der Waals surface area contributed by atoms with E-state index in [1.54, 1.807) is 42.5 Å². The molecule has 0 spiro atoms. The number of anilines is 3. The van der Waals surface area contributed by atoms with E-state index in [-0.39, 0.29) is 25.5 Å². The highest BCUT2D eigenvalue weighted by Crippen LogP contribution is 2.32. The first-order valence-corrected chi connectivity index (χ1v) is 14.9. The van der Waals surface area contributed by atoms with Crippen molar-refractivity contribution in [1.82, 2.24) is 9.47 Å². The largest absolute Gasteiger partial charge is 0.495 e. The number of benzene rings is 3. The van der Waals surface area contributed by atoms with Gasteiger partial charge in [-0.15, -0.1) is 0 Å². The minimum Gasteiger partial charge on any atom is -0.495 e. The summed E-state index contributed by atoms with van der Waals surface area (Å²) in [5, 5.41) is 30.9. The molecule has 0 fully saturated rings. The normalized spacial score (nSPS) is 12.2. The lowest BCUT2D eigenvalue weighted by atomic mass is 10.1. The number of nitrogens with two attached hydrogens (primary N) is 1. The van der Waals surface area contributed by atoms with Gasteiger partial charge < -0.3 is 30.2 Å². The number of rotatable bonds is 13. The van der Waals surface area contributed by atoms with Crippen LogP contribution in [0.25, 0.3) is 10.9 Å². The fourth-order valence-electron chi connectivity index (χ4n) is 4.72. The number of aliphatic hydroxyl groups is 2. The van der Waals surface area contributed by atoms with Crippen LogP contribution in [0.1, 0.15) is 11.3 Å². The molecule has 9 nitrogen and oxygen atoms in total. The highest BCUT2D eigenvalue weighted by molar-refractivity contribution is 7.82. The van der Waals surface area contributed by atoms with Gasteiger partial charge in [0.15, 0.2) is 0 Å². The van der Waals surface area contributed by atoms with E-state index in [0.717, 1.165) is 15.8 Å². The van der Waals surface area contributed by atoms with Gasteiger partial charge in [0.1, 0.15) is 23.3 Å². The number of aromatic nitrogens is 1. The lowest BCUT2D eigenvalue weighted by molar-refractivity contribution is -0.140. The Morgan fingerprint density at radius 3 is 2.39 bits per heavy atom. The first-order chi connectivity index (χ1) is 21.1. The van der Waals surface area contributed by atoms with Crippen molar-refractivity contribution in [3.63, 3.8) is 0 Å². The fourth-order valence-corrected chi connectivity index (χ4v) is 5.15. The molecule has 4 aromatic rings. The van der Waals surface area contributed by atoms with Crippen LogP contribution in [0.3, 0.4) is 0 Å². The zero-order chi connectivity index (χ0) is 31.7. The number of nitrogens with one attached hydrogen (secondary N) is 2. The summed E-state index contributed by atoms with van der Waals surface area (Å²) in [4.78, 5) is 2.32. The number of alkyl halides is 3. The monoisotopic (exact) mass is 629 g/mol. The van der Waals surface area contributed by atoms with Crippen molar-refractivity contribution >= 4 is 39.0 Å². The Kier molecular flexibility index (Phi) is 11.3. The molecule has 3 aromatic carbocycles. The van der Waals surface area contributed by atoms with Crippen molar-refractivity contribution in [3.05, 3.63) is 78.0 Å². The van der Waals surface area contributed by atoms with Crippen molar-refractivity contribution in [2.24, 2.45) is 5.14 Å². The van der Waals surface area contributed by atoms with Gasteiger partial charge in [-0.3, -0.25) is 4.90 Å². The molecule has 234 valence electrons. The molecule has 1 atom stereocenters. The van der Waals surface area contributed by atoms with E-state index in [9.17, 15) is 27.6 Å². The van der Waals surface area contributed by atoms with Crippen molar-refractivity contribution in [2.45, 2.75) is 24.2 Å². The SMILES string of the molecule is COc1cc(S(N)=O)ccc1NCC#Cc1cc2c(Nc3ccc(CN(CCO)CCO)cc3)cccc2n1CC(F)(F)F. The molecule has 4 rings (SSSR count). The lowest BCUT2D eigenvalue weighted by Gasteiger charge is -2.20. The molecule has 0 amide bonds. The van der Waals surface area contributed by atoms with Crippen LogP contribution in [0.4, 0.5) is 30.2 Å². The maximum Gasteiger partial charge on any atom is 0.406 e. The Bertz CT molecular complexity index is 1640. The molecule has 0 aliphatic rings. The van der Waals surface area contributed by atoms with Crippen LogP contribution in [0.2, 0.25) is 0 Å². The van der Waals surface area contributed by atoms with Gasteiger partial charge in [-0.1, -0.05) is 24.1 Å². The van der Waals surface area contributed by atoms with Crippen molar-refractivity contribution in [2.75, 3.05) is 50.6 Å². The minimum absolute atomic E-state index is 0.0115. The number of nitrogens with zero attached hydrogens (tertiary/aromatic N) is 2. The Morgan fingerprint density at radius 1 is 1.02 bits per heavy atom. The topological polar surface area (TPSA) is 125 Å². The van der Waals surface area contributed by atoms with E-state index in [1.165, 1.54) is 7.11 Å². The fraction of sp³-hybridized carbons (Fsp3) is 0.290. The Balaban J connectivity index is 1.57. The predicted octanol–water partition coefficient (Wildman–Crippen LogP) is 4.19. The van der Waals surface area contributed by atoms with E-state index in [0.29, 0.717) is 52.6 Å². The summed E-state index contributed by atoms with van der Waals surface area (Å²) in [6.45, 7) is 0.331. The number of ether oxygens (including phenoxy) is 1. The molecule has 1 aromatic heterocycles. The molecule has 13 heteroatoms. The number of aliphatic hydroxyl groups excluding tert-OH is 2. The second kappa shape index (κ2) is 15.1. The second-order valence-electron chi connectivity index (χ2n) is 9.83. The highest BCUT2D eigenvalue weighted by Gasteiger charge is 2.30. The molecule has 0 aliphatic carbocycles. The van der Waals surface area contributed by atoms with Gasteiger partial charge in [0, 0.05) is 36.4 Å². The summed E-state index contributed by atoms with van der Waals surface area (Å²) in [5.74, 6) is 6.17. The van der Waals surface area contributed by atoms with Gasteiger partial charge in [-0.25, -0.2) is 9.35 Å². The average molecular weight is 630 g/mol. The van der Waals surface area contributed by atoms with Crippen LogP contribution in [0, 0.1) is 11.8 Å². The highest BCUT2D eigenvalue weighted by atomic mass is 32.2. The molecule has 0 saturated carbocycles. The van der Waals surface area contributed by atoms with Crippen LogP contribution >= 0.6 is 0 Å². The summed E-state index contributed by atoms with van der Waals surface area (Å²) in [5.41, 5.74) is 3.52. The van der Waals surface area contributed by atoms with Crippen molar-refractivity contribution < 1.29 is 32.3 Å². The molecular weight excluding hydrogens is 595 g/mol. The van der Waals surface area contributed by atoms with E-state index in [4.69, 9.17) is 9.88 Å². The average Bonchev–Trinajstić information content (AvgIpc) is 3.33. The molecule has 1 heterocycles. The van der Waals surface area contributed by atoms with Gasteiger partial charge in [0.2, 0.25) is 0 Å². The number of hydrogen-bond acceptors (Lipinski definition) is 7. The molecule has 0 saturated heterocycles. The Labute approximate surface area is 256 Å². The molecule has 0 radical (unpaired) electrons. The van der Waals surface area contributed by atoms with E-state index in [1.807, 2.05) is 29.2 Å². The van der Waals surface area contributed by atoms with Crippen LogP contribution in [0.5, 0.6) is 5.75 Å². The summed E-state index contributed by atoms with van der Waals surface area (Å²) >= 11 is 0. The van der Waals surface area contributed by atoms with E-state index >= 15 is 0 Å². The Hall–Kier alpha value is -4.06. The van der Waals surface area contributed by atoms with Gasteiger partial charge >= 0.3 is 6.18 Å². The molecule has 6 N–H and O–H groups in total. The quantitative estimate of drug-likeness (QED) is 0.141. The van der Waals surface area contributed by atoms with Gasteiger partial charge in [-0.05, 0) is 60.0 Å². The molecular formula is C31H34F3N5O4S. The van der Waals surface area contributed by atoms with Crippen LogP contribution in [0.15, 0.2) is 71.6 Å².